The monoisotopic (exact) mass is 256 g/mol. The first kappa shape index (κ1) is 13.6. The van der Waals surface area contributed by atoms with Gasteiger partial charge in [0, 0.05) is 35.0 Å². The number of anilines is 1. The minimum atomic E-state index is -0.910. The van der Waals surface area contributed by atoms with Crippen LogP contribution >= 0.6 is 0 Å². The number of hydrogen-bond donors (Lipinski definition) is 1. The molecule has 1 N–H and O–H groups in total. The molecule has 6 heteroatoms. The van der Waals surface area contributed by atoms with Crippen LogP contribution in [0.2, 0.25) is 0 Å². The molecule has 2 atom stereocenters. The Morgan fingerprint density at radius 1 is 1.65 bits per heavy atom. The number of carbonyl (C=O) groups excluding carboxylic acids is 1. The first-order valence-corrected chi connectivity index (χ1v) is 6.77. The van der Waals surface area contributed by atoms with Gasteiger partial charge in [-0.25, -0.2) is 9.78 Å². The highest BCUT2D eigenvalue weighted by Crippen LogP contribution is 2.12. The Balaban J connectivity index is 2.77. The fourth-order valence-corrected chi connectivity index (χ4v) is 1.50. The number of nitrogens with one attached hydrogen (secondary N) is 1. The van der Waals surface area contributed by atoms with Crippen molar-refractivity contribution >= 4 is 22.6 Å². The average molecular weight is 256 g/mol. The molecule has 2 unspecified atom stereocenters. The van der Waals surface area contributed by atoms with E-state index in [1.165, 1.54) is 7.11 Å². The van der Waals surface area contributed by atoms with Crippen molar-refractivity contribution in [1.82, 2.24) is 4.98 Å². The van der Waals surface area contributed by atoms with Gasteiger partial charge in [0.15, 0.2) is 0 Å². The summed E-state index contributed by atoms with van der Waals surface area (Å²) < 4.78 is 15.9. The molecule has 0 aliphatic heterocycles. The first-order chi connectivity index (χ1) is 8.06. The van der Waals surface area contributed by atoms with Crippen LogP contribution in [0.5, 0.6) is 0 Å². The van der Waals surface area contributed by atoms with Crippen molar-refractivity contribution in [3.05, 3.63) is 23.9 Å². The van der Waals surface area contributed by atoms with Crippen molar-refractivity contribution in [2.75, 3.05) is 25.2 Å². The van der Waals surface area contributed by atoms with Gasteiger partial charge in [-0.1, -0.05) is 0 Å². The molecule has 0 aliphatic carbocycles. The van der Waals surface area contributed by atoms with E-state index in [4.69, 9.17) is 0 Å². The minimum absolute atomic E-state index is 0.0116. The highest BCUT2D eigenvalue weighted by molar-refractivity contribution is 7.84. The van der Waals surface area contributed by atoms with Gasteiger partial charge in [-0.15, -0.1) is 0 Å². The Labute approximate surface area is 103 Å². The van der Waals surface area contributed by atoms with Gasteiger partial charge in [0.1, 0.15) is 11.4 Å². The quantitative estimate of drug-likeness (QED) is 0.797. The summed E-state index contributed by atoms with van der Waals surface area (Å²) in [4.78, 5) is 15.5. The average Bonchev–Trinajstić information content (AvgIpc) is 2.35. The van der Waals surface area contributed by atoms with Gasteiger partial charge in [-0.05, 0) is 19.1 Å². The number of methoxy groups -OCH3 is 1. The molecule has 1 aromatic heterocycles. The van der Waals surface area contributed by atoms with Gasteiger partial charge in [0.25, 0.3) is 0 Å². The molecule has 1 heterocycles. The number of pyridine rings is 1. The van der Waals surface area contributed by atoms with E-state index in [-0.39, 0.29) is 5.25 Å². The maximum absolute atomic E-state index is 11.5. The van der Waals surface area contributed by atoms with Crippen LogP contribution in [-0.2, 0) is 15.5 Å². The van der Waals surface area contributed by atoms with Crippen LogP contribution in [0.15, 0.2) is 18.3 Å². The Bertz CT molecular complexity index is 423. The number of carbonyl (C=O) groups is 1. The third kappa shape index (κ3) is 3.81. The number of nitrogens with zero attached hydrogens (tertiary/aromatic N) is 1. The Morgan fingerprint density at radius 2 is 2.35 bits per heavy atom. The number of aromatic nitrogens is 1. The van der Waals surface area contributed by atoms with E-state index in [0.29, 0.717) is 17.9 Å². The maximum atomic E-state index is 11.5. The molecule has 0 aliphatic rings. The van der Waals surface area contributed by atoms with E-state index in [0.717, 1.165) is 0 Å². The van der Waals surface area contributed by atoms with Crippen molar-refractivity contribution in [1.29, 1.82) is 0 Å². The largest absolute Gasteiger partial charge is 0.465 e. The van der Waals surface area contributed by atoms with Crippen LogP contribution in [0, 0.1) is 0 Å². The van der Waals surface area contributed by atoms with E-state index in [1.54, 1.807) is 24.6 Å². The molecule has 0 saturated heterocycles. The lowest BCUT2D eigenvalue weighted by molar-refractivity contribution is 0.0601. The summed E-state index contributed by atoms with van der Waals surface area (Å²) in [5, 5.41) is 2.99. The van der Waals surface area contributed by atoms with Crippen molar-refractivity contribution in [2.24, 2.45) is 0 Å². The normalized spacial score (nSPS) is 13.8. The van der Waals surface area contributed by atoms with E-state index in [1.807, 2.05) is 6.92 Å². The first-order valence-electron chi connectivity index (χ1n) is 5.15. The molecule has 0 bridgehead atoms. The summed E-state index contributed by atoms with van der Waals surface area (Å²) in [6.07, 6.45) is 3.23. The number of rotatable bonds is 5. The van der Waals surface area contributed by atoms with Gasteiger partial charge in [0.05, 0.1) is 7.11 Å². The van der Waals surface area contributed by atoms with Crippen molar-refractivity contribution < 1.29 is 13.7 Å². The second-order valence-corrected chi connectivity index (χ2v) is 5.38. The summed E-state index contributed by atoms with van der Waals surface area (Å²) in [5.74, 6) is 0.0162. The molecule has 17 heavy (non-hydrogen) atoms. The van der Waals surface area contributed by atoms with Crippen molar-refractivity contribution in [3.63, 3.8) is 0 Å². The lowest BCUT2D eigenvalue weighted by Crippen LogP contribution is -2.22. The summed E-state index contributed by atoms with van der Waals surface area (Å²) in [6.45, 7) is 2.36. The molecule has 0 aromatic carbocycles. The van der Waals surface area contributed by atoms with E-state index in [2.05, 4.69) is 15.0 Å². The van der Waals surface area contributed by atoms with Gasteiger partial charge in [-0.3, -0.25) is 4.21 Å². The lowest BCUT2D eigenvalue weighted by Gasteiger charge is -2.12. The lowest BCUT2D eigenvalue weighted by atomic mass is 10.2. The molecule has 1 rings (SSSR count). The molecule has 0 spiro atoms. The van der Waals surface area contributed by atoms with Crippen LogP contribution in [0.4, 0.5) is 5.82 Å². The van der Waals surface area contributed by atoms with E-state index in [9.17, 15) is 9.00 Å². The molecule has 0 radical (unpaired) electrons. The summed E-state index contributed by atoms with van der Waals surface area (Å²) in [6, 6.07) is 3.30. The molecule has 94 valence electrons. The molecule has 0 amide bonds. The Morgan fingerprint density at radius 3 is 2.94 bits per heavy atom. The van der Waals surface area contributed by atoms with Crippen LogP contribution in [0.3, 0.4) is 0 Å². The fraction of sp³-hybridized carbons (Fsp3) is 0.455. The van der Waals surface area contributed by atoms with Crippen LogP contribution in [-0.4, -0.2) is 40.3 Å². The second-order valence-electron chi connectivity index (χ2n) is 3.58. The van der Waals surface area contributed by atoms with E-state index < -0.39 is 16.8 Å². The molecule has 1 aromatic rings. The Hall–Kier alpha value is -1.43. The molecular formula is C11H16N2O3S. The zero-order chi connectivity index (χ0) is 12.8. The van der Waals surface area contributed by atoms with Gasteiger partial charge in [-0.2, -0.15) is 0 Å². The topological polar surface area (TPSA) is 68.3 Å². The van der Waals surface area contributed by atoms with Gasteiger partial charge in [0.2, 0.25) is 0 Å². The van der Waals surface area contributed by atoms with Crippen LogP contribution in [0.1, 0.15) is 17.3 Å². The summed E-state index contributed by atoms with van der Waals surface area (Å²) in [5.41, 5.74) is 0.379. The SMILES string of the molecule is COC(=O)c1cccnc1NCC(C)S(C)=O. The van der Waals surface area contributed by atoms with Crippen molar-refractivity contribution in [3.8, 4) is 0 Å². The predicted octanol–water partition coefficient (Wildman–Crippen LogP) is 1.05. The fourth-order valence-electron chi connectivity index (χ4n) is 1.18. The van der Waals surface area contributed by atoms with Crippen LogP contribution < -0.4 is 5.32 Å². The summed E-state index contributed by atoms with van der Waals surface area (Å²) >= 11 is 0. The predicted molar refractivity (Wildman–Crippen MR) is 67.6 cm³/mol. The smallest absolute Gasteiger partial charge is 0.341 e. The highest BCUT2D eigenvalue weighted by atomic mass is 32.2. The van der Waals surface area contributed by atoms with Gasteiger partial charge < -0.3 is 10.1 Å². The zero-order valence-corrected chi connectivity index (χ0v) is 10.9. The molecular weight excluding hydrogens is 240 g/mol. The minimum Gasteiger partial charge on any atom is -0.465 e. The summed E-state index contributed by atoms with van der Waals surface area (Å²) in [7, 11) is 0.413. The number of esters is 1. The van der Waals surface area contributed by atoms with Crippen LogP contribution in [0.25, 0.3) is 0 Å². The maximum Gasteiger partial charge on any atom is 0.341 e. The Kier molecular flexibility index (Phi) is 5.09. The molecule has 5 nitrogen and oxygen atoms in total. The number of hydrogen-bond acceptors (Lipinski definition) is 5. The third-order valence-corrected chi connectivity index (χ3v) is 3.64. The third-order valence-electron chi connectivity index (χ3n) is 2.34. The highest BCUT2D eigenvalue weighted by Gasteiger charge is 2.13. The van der Waals surface area contributed by atoms with Crippen molar-refractivity contribution in [2.45, 2.75) is 12.2 Å². The number of ether oxygens (including phenoxy) is 1. The van der Waals surface area contributed by atoms with E-state index >= 15 is 0 Å². The second kappa shape index (κ2) is 6.34. The molecule has 0 saturated carbocycles. The molecule has 0 fully saturated rings. The standard InChI is InChI=1S/C11H16N2O3S/c1-8(17(3)15)7-13-10-9(11(14)16-2)5-4-6-12-10/h4-6,8H,7H2,1-3H3,(H,12,13). The van der Waals surface area contributed by atoms with Gasteiger partial charge >= 0.3 is 5.97 Å². The zero-order valence-electron chi connectivity index (χ0n) is 10.1.